The minimum atomic E-state index is -0.142. The van der Waals surface area contributed by atoms with E-state index in [0.717, 1.165) is 6.54 Å². The van der Waals surface area contributed by atoms with Gasteiger partial charge < -0.3 is 15.2 Å². The van der Waals surface area contributed by atoms with Crippen LogP contribution in [-0.4, -0.2) is 24.6 Å². The number of nitrogens with zero attached hydrogens (tertiary/aromatic N) is 1. The lowest BCUT2D eigenvalue weighted by Gasteiger charge is -1.98. The third-order valence-corrected chi connectivity index (χ3v) is 1.83. The first-order chi connectivity index (χ1) is 7.65. The van der Waals surface area contributed by atoms with Gasteiger partial charge in [0.2, 0.25) is 6.41 Å². The van der Waals surface area contributed by atoms with Crippen LogP contribution in [0.5, 0.6) is 0 Å². The van der Waals surface area contributed by atoms with Gasteiger partial charge in [0.1, 0.15) is 0 Å². The van der Waals surface area contributed by atoms with Crippen LogP contribution in [0.1, 0.15) is 13.3 Å². The number of aryl methyl sites for hydroxylation is 1. The lowest BCUT2D eigenvalue weighted by atomic mass is 10.4. The van der Waals surface area contributed by atoms with Gasteiger partial charge in [-0.25, -0.2) is 0 Å². The Kier molecular flexibility index (Phi) is 7.79. The number of anilines is 1. The quantitative estimate of drug-likeness (QED) is 0.736. The molecule has 0 atom stereocenters. The summed E-state index contributed by atoms with van der Waals surface area (Å²) >= 11 is 0. The van der Waals surface area contributed by atoms with Crippen LogP contribution in [0.3, 0.4) is 0 Å². The molecule has 0 radical (unpaired) electrons. The number of aromatic nitrogens is 1. The molecule has 0 fully saturated rings. The van der Waals surface area contributed by atoms with Crippen molar-refractivity contribution in [1.82, 2.24) is 9.88 Å². The van der Waals surface area contributed by atoms with Gasteiger partial charge in [0.25, 0.3) is 5.56 Å². The van der Waals surface area contributed by atoms with Crippen molar-refractivity contribution in [3.8, 4) is 0 Å². The Hall–Kier alpha value is -1.62. The second-order valence-electron chi connectivity index (χ2n) is 3.23. The van der Waals surface area contributed by atoms with Gasteiger partial charge in [-0.3, -0.25) is 9.59 Å². The molecule has 0 unspecified atom stereocenters. The maximum Gasteiger partial charge on any atom is 0.252 e. The lowest BCUT2D eigenvalue weighted by Crippen LogP contribution is -2.15. The van der Waals surface area contributed by atoms with Gasteiger partial charge in [0.05, 0.1) is 0 Å². The second-order valence-corrected chi connectivity index (χ2v) is 3.23. The van der Waals surface area contributed by atoms with Crippen LogP contribution in [0.15, 0.2) is 23.1 Å². The normalized spacial score (nSPS) is 8.94. The van der Waals surface area contributed by atoms with E-state index < -0.39 is 0 Å². The molecule has 5 heteroatoms. The van der Waals surface area contributed by atoms with Crippen LogP contribution in [0, 0.1) is 0 Å². The van der Waals surface area contributed by atoms with Crippen LogP contribution in [0.4, 0.5) is 5.69 Å². The Labute approximate surface area is 95.5 Å². The third kappa shape index (κ3) is 5.98. The van der Waals surface area contributed by atoms with E-state index in [1.165, 1.54) is 17.1 Å². The molecule has 0 saturated heterocycles. The molecule has 1 aromatic rings. The van der Waals surface area contributed by atoms with Gasteiger partial charge in [0.15, 0.2) is 0 Å². The number of nitrogens with one attached hydrogen (secondary N) is 2. The monoisotopic (exact) mass is 225 g/mol. The van der Waals surface area contributed by atoms with E-state index in [9.17, 15) is 9.59 Å². The SMILES string of the molecule is CCCNC.Cn1ccc(NC=O)cc1=O. The molecule has 0 spiro atoms. The molecule has 0 aromatic carbocycles. The minimum absolute atomic E-state index is 0.142. The number of carbonyl (C=O) groups is 1. The Morgan fingerprint density at radius 3 is 2.56 bits per heavy atom. The van der Waals surface area contributed by atoms with Gasteiger partial charge in [0, 0.05) is 25.0 Å². The second kappa shape index (κ2) is 8.67. The summed E-state index contributed by atoms with van der Waals surface area (Å²) in [5, 5.41) is 5.40. The number of pyridine rings is 1. The lowest BCUT2D eigenvalue weighted by molar-refractivity contribution is -0.105. The van der Waals surface area contributed by atoms with Crippen molar-refractivity contribution in [3.63, 3.8) is 0 Å². The topological polar surface area (TPSA) is 63.1 Å². The molecule has 5 nitrogen and oxygen atoms in total. The zero-order chi connectivity index (χ0) is 12.4. The summed E-state index contributed by atoms with van der Waals surface area (Å²) in [7, 11) is 3.61. The Balaban J connectivity index is 0.000000385. The first-order valence-corrected chi connectivity index (χ1v) is 5.17. The molecule has 90 valence electrons. The molecule has 0 bridgehead atoms. The molecule has 1 rings (SSSR count). The van der Waals surface area contributed by atoms with Crippen molar-refractivity contribution in [2.75, 3.05) is 18.9 Å². The van der Waals surface area contributed by atoms with Crippen LogP contribution in [-0.2, 0) is 11.8 Å². The van der Waals surface area contributed by atoms with E-state index in [2.05, 4.69) is 17.6 Å². The highest BCUT2D eigenvalue weighted by Gasteiger charge is 1.91. The van der Waals surface area contributed by atoms with Gasteiger partial charge in [-0.05, 0) is 26.1 Å². The van der Waals surface area contributed by atoms with E-state index in [4.69, 9.17) is 0 Å². The average Bonchev–Trinajstić information content (AvgIpc) is 2.26. The van der Waals surface area contributed by atoms with E-state index in [-0.39, 0.29) is 5.56 Å². The van der Waals surface area contributed by atoms with Crippen LogP contribution in [0.2, 0.25) is 0 Å². The number of amides is 1. The van der Waals surface area contributed by atoms with Gasteiger partial charge in [-0.1, -0.05) is 6.92 Å². The number of carbonyl (C=O) groups excluding carboxylic acids is 1. The van der Waals surface area contributed by atoms with Crippen LogP contribution >= 0.6 is 0 Å². The molecule has 1 heterocycles. The summed E-state index contributed by atoms with van der Waals surface area (Å²) in [6.45, 7) is 3.29. The summed E-state index contributed by atoms with van der Waals surface area (Å²) in [6, 6.07) is 3.00. The summed E-state index contributed by atoms with van der Waals surface area (Å²) in [5.41, 5.74) is 0.375. The third-order valence-electron chi connectivity index (χ3n) is 1.83. The molecule has 0 aliphatic heterocycles. The largest absolute Gasteiger partial charge is 0.328 e. The maximum absolute atomic E-state index is 10.9. The Bertz CT molecular complexity index is 358. The number of rotatable bonds is 4. The average molecular weight is 225 g/mol. The standard InChI is InChI=1S/C7H8N2O2.C4H11N/c1-9-3-2-6(8-5-10)4-7(9)11;1-3-4-5-2/h2-5H,1H3,(H,8,10);5H,3-4H2,1-2H3. The van der Waals surface area contributed by atoms with Crippen LogP contribution in [0.25, 0.3) is 0 Å². The minimum Gasteiger partial charge on any atom is -0.328 e. The zero-order valence-electron chi connectivity index (χ0n) is 9.99. The molecular formula is C11H19N3O2. The predicted octanol–water partition coefficient (Wildman–Crippen LogP) is 0.569. The Morgan fingerprint density at radius 1 is 1.50 bits per heavy atom. The highest BCUT2D eigenvalue weighted by Crippen LogP contribution is 1.98. The van der Waals surface area contributed by atoms with E-state index >= 15 is 0 Å². The molecular weight excluding hydrogens is 206 g/mol. The van der Waals surface area contributed by atoms with E-state index in [0.29, 0.717) is 12.1 Å². The first kappa shape index (κ1) is 14.4. The van der Waals surface area contributed by atoms with Gasteiger partial charge in [-0.15, -0.1) is 0 Å². The van der Waals surface area contributed by atoms with Crippen molar-refractivity contribution in [2.45, 2.75) is 13.3 Å². The molecule has 0 aliphatic carbocycles. The fraction of sp³-hybridized carbons (Fsp3) is 0.455. The molecule has 0 aliphatic rings. The number of hydrogen-bond acceptors (Lipinski definition) is 3. The smallest absolute Gasteiger partial charge is 0.252 e. The van der Waals surface area contributed by atoms with Crippen molar-refractivity contribution in [1.29, 1.82) is 0 Å². The van der Waals surface area contributed by atoms with Crippen molar-refractivity contribution in [2.24, 2.45) is 7.05 Å². The molecule has 0 saturated carbocycles. The molecule has 1 aromatic heterocycles. The van der Waals surface area contributed by atoms with Gasteiger partial charge >= 0.3 is 0 Å². The predicted molar refractivity (Wildman–Crippen MR) is 65.6 cm³/mol. The van der Waals surface area contributed by atoms with Crippen LogP contribution < -0.4 is 16.2 Å². The van der Waals surface area contributed by atoms with E-state index in [1.54, 1.807) is 19.3 Å². The fourth-order valence-corrected chi connectivity index (χ4v) is 0.956. The highest BCUT2D eigenvalue weighted by molar-refractivity contribution is 5.70. The summed E-state index contributed by atoms with van der Waals surface area (Å²) < 4.78 is 1.43. The Morgan fingerprint density at radius 2 is 2.19 bits per heavy atom. The maximum atomic E-state index is 10.9. The van der Waals surface area contributed by atoms with Crippen molar-refractivity contribution in [3.05, 3.63) is 28.7 Å². The molecule has 16 heavy (non-hydrogen) atoms. The summed E-state index contributed by atoms with van der Waals surface area (Å²) in [5.74, 6) is 0. The molecule has 1 amide bonds. The van der Waals surface area contributed by atoms with Crippen molar-refractivity contribution >= 4 is 12.1 Å². The van der Waals surface area contributed by atoms with Crippen molar-refractivity contribution < 1.29 is 4.79 Å². The summed E-state index contributed by atoms with van der Waals surface area (Å²) in [6.07, 6.45) is 3.36. The van der Waals surface area contributed by atoms with E-state index in [1.807, 2.05) is 7.05 Å². The zero-order valence-corrected chi connectivity index (χ0v) is 9.99. The summed E-state index contributed by atoms with van der Waals surface area (Å²) in [4.78, 5) is 20.9. The fourth-order valence-electron chi connectivity index (χ4n) is 0.956. The molecule has 2 N–H and O–H groups in total. The number of hydrogen-bond donors (Lipinski definition) is 2. The first-order valence-electron chi connectivity index (χ1n) is 5.17. The highest BCUT2D eigenvalue weighted by atomic mass is 16.1. The van der Waals surface area contributed by atoms with Gasteiger partial charge in [-0.2, -0.15) is 0 Å².